The van der Waals surface area contributed by atoms with Gasteiger partial charge in [0.15, 0.2) is 0 Å². The van der Waals surface area contributed by atoms with Crippen molar-refractivity contribution in [3.63, 3.8) is 0 Å². The summed E-state index contributed by atoms with van der Waals surface area (Å²) in [5, 5.41) is 11.1. The van der Waals surface area contributed by atoms with Crippen LogP contribution in [-0.4, -0.2) is 17.3 Å². The maximum atomic E-state index is 11.1. The van der Waals surface area contributed by atoms with E-state index in [4.69, 9.17) is 5.73 Å². The van der Waals surface area contributed by atoms with Gasteiger partial charge in [-0.05, 0) is 80.5 Å². The fraction of sp³-hybridized carbons (Fsp3) is 1.00. The molecule has 0 amide bonds. The SMILES string of the molecule is C[C@]12CCCC[C@H]1CC[C@@H]1[C@@H]2CC[C@@]2(C)[C@H]1CC[C@@]2(O)CN. The van der Waals surface area contributed by atoms with Crippen LogP contribution in [-0.2, 0) is 0 Å². The largest absolute Gasteiger partial charge is 0.388 e. The molecule has 0 aromatic carbocycles. The Kier molecular flexibility index (Phi) is 3.48. The highest BCUT2D eigenvalue weighted by Gasteiger charge is 2.63. The van der Waals surface area contributed by atoms with Crippen LogP contribution in [0.3, 0.4) is 0 Å². The van der Waals surface area contributed by atoms with E-state index in [0.29, 0.717) is 12.0 Å². The van der Waals surface area contributed by atoms with Crippen LogP contribution in [0, 0.1) is 34.5 Å². The zero-order chi connectivity index (χ0) is 15.6. The van der Waals surface area contributed by atoms with Gasteiger partial charge in [0.2, 0.25) is 0 Å². The van der Waals surface area contributed by atoms with Gasteiger partial charge in [-0.25, -0.2) is 0 Å². The Balaban J connectivity index is 1.65. The summed E-state index contributed by atoms with van der Waals surface area (Å²) in [7, 11) is 0. The van der Waals surface area contributed by atoms with Crippen molar-refractivity contribution in [1.29, 1.82) is 0 Å². The Morgan fingerprint density at radius 1 is 0.909 bits per heavy atom. The summed E-state index contributed by atoms with van der Waals surface area (Å²) in [5.74, 6) is 3.49. The minimum absolute atomic E-state index is 0.0841. The molecule has 0 radical (unpaired) electrons. The average molecular weight is 306 g/mol. The molecule has 126 valence electrons. The minimum atomic E-state index is -0.590. The van der Waals surface area contributed by atoms with Gasteiger partial charge >= 0.3 is 0 Å². The Bertz CT molecular complexity index is 449. The highest BCUT2D eigenvalue weighted by Crippen LogP contribution is 2.68. The lowest BCUT2D eigenvalue weighted by Crippen LogP contribution is -2.58. The molecule has 0 unspecified atom stereocenters. The number of fused-ring (bicyclic) bond motifs is 5. The van der Waals surface area contributed by atoms with E-state index < -0.39 is 5.60 Å². The van der Waals surface area contributed by atoms with Crippen LogP contribution >= 0.6 is 0 Å². The van der Waals surface area contributed by atoms with Crippen LogP contribution in [0.15, 0.2) is 0 Å². The third-order valence-corrected chi connectivity index (χ3v) is 9.24. The van der Waals surface area contributed by atoms with Gasteiger partial charge in [0.25, 0.3) is 0 Å². The summed E-state index contributed by atoms with van der Waals surface area (Å²) in [6.45, 7) is 5.45. The first-order valence-corrected chi connectivity index (χ1v) is 9.87. The molecule has 0 saturated heterocycles. The Labute approximate surface area is 136 Å². The maximum absolute atomic E-state index is 11.1. The van der Waals surface area contributed by atoms with Gasteiger partial charge in [0.05, 0.1) is 5.60 Å². The summed E-state index contributed by atoms with van der Waals surface area (Å²) >= 11 is 0. The molecule has 4 aliphatic carbocycles. The van der Waals surface area contributed by atoms with Crippen molar-refractivity contribution in [3.8, 4) is 0 Å². The van der Waals surface area contributed by atoms with E-state index in [2.05, 4.69) is 13.8 Å². The average Bonchev–Trinajstić information content (AvgIpc) is 2.79. The van der Waals surface area contributed by atoms with Crippen LogP contribution in [0.4, 0.5) is 0 Å². The van der Waals surface area contributed by atoms with Crippen molar-refractivity contribution in [2.45, 2.75) is 83.7 Å². The van der Waals surface area contributed by atoms with E-state index in [-0.39, 0.29) is 5.41 Å². The van der Waals surface area contributed by atoms with Crippen molar-refractivity contribution < 1.29 is 5.11 Å². The van der Waals surface area contributed by atoms with Crippen molar-refractivity contribution >= 4 is 0 Å². The lowest BCUT2D eigenvalue weighted by molar-refractivity contribution is -0.148. The van der Waals surface area contributed by atoms with E-state index in [1.807, 2.05) is 0 Å². The first kappa shape index (κ1) is 15.4. The molecule has 0 aromatic rings. The maximum Gasteiger partial charge on any atom is 0.0825 e. The summed E-state index contributed by atoms with van der Waals surface area (Å²) in [6, 6.07) is 0. The molecular weight excluding hydrogens is 270 g/mol. The first-order valence-electron chi connectivity index (χ1n) is 9.87. The van der Waals surface area contributed by atoms with E-state index >= 15 is 0 Å². The topological polar surface area (TPSA) is 46.2 Å². The summed E-state index contributed by atoms with van der Waals surface area (Å²) in [5.41, 5.74) is 6.11. The van der Waals surface area contributed by atoms with Gasteiger partial charge in [-0.15, -0.1) is 0 Å². The second-order valence-corrected chi connectivity index (χ2v) is 9.63. The van der Waals surface area contributed by atoms with Gasteiger partial charge in [-0.3, -0.25) is 0 Å². The molecular formula is C20H35NO. The summed E-state index contributed by atoms with van der Waals surface area (Å²) < 4.78 is 0. The van der Waals surface area contributed by atoms with E-state index in [1.165, 1.54) is 57.8 Å². The molecule has 3 N–H and O–H groups in total. The highest BCUT2D eigenvalue weighted by atomic mass is 16.3. The van der Waals surface area contributed by atoms with Crippen molar-refractivity contribution in [1.82, 2.24) is 0 Å². The Morgan fingerprint density at radius 3 is 2.45 bits per heavy atom. The minimum Gasteiger partial charge on any atom is -0.388 e. The van der Waals surface area contributed by atoms with Crippen LogP contribution in [0.1, 0.15) is 78.1 Å². The monoisotopic (exact) mass is 305 g/mol. The molecule has 7 atom stereocenters. The molecule has 4 saturated carbocycles. The van der Waals surface area contributed by atoms with Crippen molar-refractivity contribution in [2.75, 3.05) is 6.54 Å². The highest BCUT2D eigenvalue weighted by molar-refractivity contribution is 5.14. The second kappa shape index (κ2) is 4.96. The molecule has 4 rings (SSSR count). The van der Waals surface area contributed by atoms with Crippen molar-refractivity contribution in [3.05, 3.63) is 0 Å². The zero-order valence-corrected chi connectivity index (χ0v) is 14.6. The third-order valence-electron chi connectivity index (χ3n) is 9.24. The molecule has 22 heavy (non-hydrogen) atoms. The smallest absolute Gasteiger partial charge is 0.0825 e. The quantitative estimate of drug-likeness (QED) is 0.766. The van der Waals surface area contributed by atoms with Gasteiger partial charge in [-0.1, -0.05) is 26.7 Å². The predicted octanol–water partition coefficient (Wildman–Crippen LogP) is 4.11. The normalized spacial score (nSPS) is 57.8. The molecule has 2 nitrogen and oxygen atoms in total. The van der Waals surface area contributed by atoms with Gasteiger partial charge in [0.1, 0.15) is 0 Å². The van der Waals surface area contributed by atoms with E-state index in [1.54, 1.807) is 0 Å². The Morgan fingerprint density at radius 2 is 1.68 bits per heavy atom. The van der Waals surface area contributed by atoms with Crippen LogP contribution in [0.25, 0.3) is 0 Å². The molecule has 4 aliphatic rings. The summed E-state index contributed by atoms with van der Waals surface area (Å²) in [6.07, 6.45) is 13.4. The predicted molar refractivity (Wildman–Crippen MR) is 90.3 cm³/mol. The number of rotatable bonds is 1. The molecule has 0 bridgehead atoms. The standard InChI is InChI=1S/C20H35NO/c1-18-10-4-3-5-14(18)6-7-15-16(18)8-11-19(2)17(15)9-12-20(19,22)13-21/h14-17,22H,3-13,21H2,1-2H3/t14-,15+,16-,17-,18-,19-,20+/m0/s1. The second-order valence-electron chi connectivity index (χ2n) is 9.63. The van der Waals surface area contributed by atoms with E-state index in [0.717, 1.165) is 30.1 Å². The number of aliphatic hydroxyl groups is 1. The fourth-order valence-electron chi connectivity index (χ4n) is 7.74. The zero-order valence-electron chi connectivity index (χ0n) is 14.6. The molecule has 0 aromatic heterocycles. The number of hydrogen-bond donors (Lipinski definition) is 2. The lowest BCUT2D eigenvalue weighted by atomic mass is 9.44. The lowest BCUT2D eigenvalue weighted by Gasteiger charge is -2.61. The molecule has 0 spiro atoms. The van der Waals surface area contributed by atoms with Crippen LogP contribution in [0.5, 0.6) is 0 Å². The van der Waals surface area contributed by atoms with Crippen LogP contribution < -0.4 is 5.73 Å². The van der Waals surface area contributed by atoms with E-state index in [9.17, 15) is 5.11 Å². The van der Waals surface area contributed by atoms with Crippen molar-refractivity contribution in [2.24, 2.45) is 40.2 Å². The molecule has 0 aliphatic heterocycles. The van der Waals surface area contributed by atoms with Gasteiger partial charge in [-0.2, -0.15) is 0 Å². The summed E-state index contributed by atoms with van der Waals surface area (Å²) in [4.78, 5) is 0. The number of hydrogen-bond acceptors (Lipinski definition) is 2. The Hall–Kier alpha value is -0.0800. The van der Waals surface area contributed by atoms with Gasteiger partial charge in [0, 0.05) is 12.0 Å². The first-order chi connectivity index (χ1) is 10.4. The number of nitrogens with two attached hydrogens (primary N) is 1. The van der Waals surface area contributed by atoms with Gasteiger partial charge < -0.3 is 10.8 Å². The molecule has 2 heteroatoms. The third kappa shape index (κ3) is 1.80. The fourth-order valence-corrected chi connectivity index (χ4v) is 7.74. The van der Waals surface area contributed by atoms with Crippen LogP contribution in [0.2, 0.25) is 0 Å². The molecule has 0 heterocycles. The molecule has 4 fully saturated rings.